The van der Waals surface area contributed by atoms with E-state index in [2.05, 4.69) is 43.5 Å². The fourth-order valence-corrected chi connectivity index (χ4v) is 3.46. The van der Waals surface area contributed by atoms with Crippen LogP contribution in [0.25, 0.3) is 0 Å². The van der Waals surface area contributed by atoms with Crippen LogP contribution in [0, 0.1) is 11.3 Å². The Morgan fingerprint density at radius 1 is 1.24 bits per heavy atom. The number of hydrogen-bond acceptors (Lipinski definition) is 2. The van der Waals surface area contributed by atoms with E-state index in [1.165, 1.54) is 12.8 Å². The van der Waals surface area contributed by atoms with Gasteiger partial charge in [-0.15, -0.1) is 0 Å². The topological polar surface area (TPSA) is 41.1 Å². The maximum absolute atomic E-state index is 11.6. The van der Waals surface area contributed by atoms with Crippen LogP contribution >= 0.6 is 0 Å². The van der Waals surface area contributed by atoms with Gasteiger partial charge in [0.2, 0.25) is 5.91 Å². The molecule has 1 saturated carbocycles. The number of carbonyl (C=O) groups is 1. The molecule has 1 aliphatic carbocycles. The van der Waals surface area contributed by atoms with E-state index in [1.54, 1.807) is 0 Å². The van der Waals surface area contributed by atoms with E-state index < -0.39 is 0 Å². The molecule has 0 aromatic heterocycles. The number of nitrogens with one attached hydrogen (secondary N) is 2. The highest BCUT2D eigenvalue weighted by atomic mass is 16.1. The first-order valence-electron chi connectivity index (χ1n) is 8.02. The summed E-state index contributed by atoms with van der Waals surface area (Å²) in [6, 6.07) is 8.82. The minimum atomic E-state index is 0.0874. The summed E-state index contributed by atoms with van der Waals surface area (Å²) in [5.74, 6) is 0.791. The van der Waals surface area contributed by atoms with Crippen LogP contribution in [0.3, 0.4) is 0 Å². The zero-order chi connectivity index (χ0) is 15.5. The van der Waals surface area contributed by atoms with Crippen molar-refractivity contribution in [2.24, 2.45) is 11.3 Å². The van der Waals surface area contributed by atoms with Crippen LogP contribution in [0.2, 0.25) is 0 Å². The van der Waals surface area contributed by atoms with E-state index in [9.17, 15) is 4.79 Å². The van der Waals surface area contributed by atoms with E-state index >= 15 is 0 Å². The van der Waals surface area contributed by atoms with Crippen molar-refractivity contribution < 1.29 is 4.79 Å². The second-order valence-corrected chi connectivity index (χ2v) is 7.13. The van der Waals surface area contributed by atoms with Gasteiger partial charge >= 0.3 is 0 Å². The lowest BCUT2D eigenvalue weighted by Crippen LogP contribution is -2.24. The van der Waals surface area contributed by atoms with E-state index in [4.69, 9.17) is 0 Å². The van der Waals surface area contributed by atoms with E-state index in [0.717, 1.165) is 11.3 Å². The van der Waals surface area contributed by atoms with Crippen molar-refractivity contribution in [2.75, 3.05) is 11.9 Å². The van der Waals surface area contributed by atoms with Crippen molar-refractivity contribution in [3.8, 4) is 0 Å². The summed E-state index contributed by atoms with van der Waals surface area (Å²) in [4.78, 5) is 11.6. The van der Waals surface area contributed by atoms with E-state index in [0.29, 0.717) is 30.3 Å². The van der Waals surface area contributed by atoms with Crippen LogP contribution in [0.5, 0.6) is 0 Å². The van der Waals surface area contributed by atoms with Gasteiger partial charge < -0.3 is 10.6 Å². The van der Waals surface area contributed by atoms with Gasteiger partial charge in [-0.05, 0) is 48.8 Å². The summed E-state index contributed by atoms with van der Waals surface area (Å²) in [7, 11) is 0. The second kappa shape index (κ2) is 6.50. The number of amides is 1. The van der Waals surface area contributed by atoms with Crippen molar-refractivity contribution in [1.29, 1.82) is 0 Å². The monoisotopic (exact) mass is 288 g/mol. The van der Waals surface area contributed by atoms with Crippen LogP contribution in [0.15, 0.2) is 24.3 Å². The Labute approximate surface area is 128 Å². The normalized spacial score (nSPS) is 23.8. The third kappa shape index (κ3) is 4.48. The number of anilines is 1. The maximum Gasteiger partial charge on any atom is 0.224 e. The van der Waals surface area contributed by atoms with Crippen molar-refractivity contribution in [1.82, 2.24) is 5.32 Å². The highest BCUT2D eigenvalue weighted by Crippen LogP contribution is 2.42. The fraction of sp³-hybridized carbons (Fsp3) is 0.611. The average molecular weight is 288 g/mol. The lowest BCUT2D eigenvalue weighted by atomic mass is 9.91. The van der Waals surface area contributed by atoms with Crippen molar-refractivity contribution in [2.45, 2.75) is 53.0 Å². The maximum atomic E-state index is 11.6. The number of benzene rings is 1. The van der Waals surface area contributed by atoms with Gasteiger partial charge in [-0.25, -0.2) is 0 Å². The number of carbonyl (C=O) groups excluding carboxylic acids is 1. The van der Waals surface area contributed by atoms with E-state index in [-0.39, 0.29) is 5.91 Å². The molecule has 1 amide bonds. The highest BCUT2D eigenvalue weighted by Gasteiger charge is 2.36. The van der Waals surface area contributed by atoms with Gasteiger partial charge in [-0.1, -0.05) is 32.9 Å². The third-order valence-electron chi connectivity index (χ3n) is 4.38. The van der Waals surface area contributed by atoms with Gasteiger partial charge in [0, 0.05) is 18.3 Å². The molecule has 0 bridgehead atoms. The number of rotatable bonds is 5. The lowest BCUT2D eigenvalue weighted by molar-refractivity contribution is -0.120. The molecule has 3 heteroatoms. The molecule has 0 radical (unpaired) electrons. The number of likely N-dealkylation sites (N-methyl/N-ethyl adjacent to an activating group) is 1. The summed E-state index contributed by atoms with van der Waals surface area (Å²) in [6.45, 7) is 9.65. The van der Waals surface area contributed by atoms with Crippen molar-refractivity contribution in [3.05, 3.63) is 29.8 Å². The molecule has 1 aliphatic rings. The quantitative estimate of drug-likeness (QED) is 0.869. The zero-order valence-electron chi connectivity index (χ0n) is 13.7. The van der Waals surface area contributed by atoms with Gasteiger partial charge in [0.1, 0.15) is 0 Å². The molecular formula is C18H28N2O. The molecule has 0 spiro atoms. The molecule has 1 fully saturated rings. The summed E-state index contributed by atoms with van der Waals surface area (Å²) in [6.07, 6.45) is 2.95. The minimum Gasteiger partial charge on any atom is -0.382 e. The van der Waals surface area contributed by atoms with Crippen LogP contribution in [-0.4, -0.2) is 18.5 Å². The largest absolute Gasteiger partial charge is 0.382 e. The summed E-state index contributed by atoms with van der Waals surface area (Å²) < 4.78 is 0. The number of hydrogen-bond donors (Lipinski definition) is 2. The van der Waals surface area contributed by atoms with Crippen LogP contribution in [-0.2, 0) is 11.2 Å². The molecule has 2 rings (SSSR count). The van der Waals surface area contributed by atoms with Crippen molar-refractivity contribution in [3.63, 3.8) is 0 Å². The predicted molar refractivity (Wildman–Crippen MR) is 88.4 cm³/mol. The third-order valence-corrected chi connectivity index (χ3v) is 4.38. The molecule has 2 N–H and O–H groups in total. The van der Waals surface area contributed by atoms with Crippen LogP contribution in [0.1, 0.15) is 46.1 Å². The van der Waals surface area contributed by atoms with Gasteiger partial charge in [0.05, 0.1) is 6.42 Å². The Morgan fingerprint density at radius 3 is 2.43 bits per heavy atom. The summed E-state index contributed by atoms with van der Waals surface area (Å²) in [5.41, 5.74) is 2.66. The Balaban J connectivity index is 1.92. The fourth-order valence-electron chi connectivity index (χ4n) is 3.46. The second-order valence-electron chi connectivity index (χ2n) is 7.13. The Hall–Kier alpha value is -1.51. The average Bonchev–Trinajstić information content (AvgIpc) is 2.65. The minimum absolute atomic E-state index is 0.0874. The summed E-state index contributed by atoms with van der Waals surface area (Å²) in [5, 5.41) is 6.48. The van der Waals surface area contributed by atoms with Gasteiger partial charge in [-0.2, -0.15) is 0 Å². The molecular weight excluding hydrogens is 260 g/mol. The molecule has 1 aromatic carbocycles. The SMILES string of the molecule is CCNC(=O)Cc1ccc(NC2CC(C)(C)CC2C)cc1. The molecule has 2 atom stereocenters. The molecule has 2 unspecified atom stereocenters. The smallest absolute Gasteiger partial charge is 0.224 e. The lowest BCUT2D eigenvalue weighted by Gasteiger charge is -2.20. The van der Waals surface area contributed by atoms with Gasteiger partial charge in [-0.3, -0.25) is 4.79 Å². The van der Waals surface area contributed by atoms with E-state index in [1.807, 2.05) is 19.1 Å². The molecule has 3 nitrogen and oxygen atoms in total. The van der Waals surface area contributed by atoms with Crippen LogP contribution in [0.4, 0.5) is 5.69 Å². The highest BCUT2D eigenvalue weighted by molar-refractivity contribution is 5.78. The molecule has 0 saturated heterocycles. The standard InChI is InChI=1S/C18H28N2O/c1-5-19-17(21)10-14-6-8-15(9-7-14)20-16-12-18(3,4)11-13(16)2/h6-9,13,16,20H,5,10-12H2,1-4H3,(H,19,21). The van der Waals surface area contributed by atoms with Gasteiger partial charge in [0.15, 0.2) is 0 Å². The molecule has 1 aromatic rings. The van der Waals surface area contributed by atoms with Crippen molar-refractivity contribution >= 4 is 11.6 Å². The first-order valence-corrected chi connectivity index (χ1v) is 8.02. The first-order chi connectivity index (χ1) is 9.89. The molecule has 116 valence electrons. The Morgan fingerprint density at radius 2 is 1.90 bits per heavy atom. The van der Waals surface area contributed by atoms with Crippen LogP contribution < -0.4 is 10.6 Å². The molecule has 0 heterocycles. The predicted octanol–water partition coefficient (Wildman–Crippen LogP) is 3.60. The Kier molecular flexibility index (Phi) is 4.92. The zero-order valence-corrected chi connectivity index (χ0v) is 13.7. The molecule has 21 heavy (non-hydrogen) atoms. The first kappa shape index (κ1) is 15.9. The summed E-state index contributed by atoms with van der Waals surface area (Å²) >= 11 is 0. The molecule has 0 aliphatic heterocycles. The van der Waals surface area contributed by atoms with Gasteiger partial charge in [0.25, 0.3) is 0 Å². The Bertz CT molecular complexity index is 478.